The van der Waals surface area contributed by atoms with Crippen LogP contribution in [0.1, 0.15) is 38.5 Å². The van der Waals surface area contributed by atoms with Crippen LogP contribution >= 0.6 is 0 Å². The summed E-state index contributed by atoms with van der Waals surface area (Å²) in [5.41, 5.74) is 0. The van der Waals surface area contributed by atoms with Crippen LogP contribution in [0.2, 0.25) is 0 Å². The van der Waals surface area contributed by atoms with Gasteiger partial charge in [-0.1, -0.05) is 19.3 Å². The predicted molar refractivity (Wildman–Crippen MR) is 66.7 cm³/mol. The normalized spacial score (nSPS) is 28.5. The van der Waals surface area contributed by atoms with Gasteiger partial charge in [0.15, 0.2) is 0 Å². The van der Waals surface area contributed by atoms with E-state index in [1.54, 1.807) is 0 Å². The minimum Gasteiger partial charge on any atom is -0.379 e. The molecule has 0 aromatic heterocycles. The summed E-state index contributed by atoms with van der Waals surface area (Å²) in [6, 6.07) is 1.43. The molecule has 16 heavy (non-hydrogen) atoms. The Labute approximate surface area is 99.5 Å². The summed E-state index contributed by atoms with van der Waals surface area (Å²) < 4.78 is 5.48. The topological polar surface area (TPSA) is 24.5 Å². The number of nitrogens with zero attached hydrogens (tertiary/aromatic N) is 1. The third-order valence-corrected chi connectivity index (χ3v) is 4.03. The number of ether oxygens (including phenoxy) is 1. The molecule has 2 rings (SSSR count). The molecule has 2 aliphatic rings. The van der Waals surface area contributed by atoms with Gasteiger partial charge < -0.3 is 15.0 Å². The molecule has 1 aliphatic carbocycles. The van der Waals surface area contributed by atoms with Crippen molar-refractivity contribution < 1.29 is 4.74 Å². The average Bonchev–Trinajstić information content (AvgIpc) is 2.38. The zero-order valence-corrected chi connectivity index (χ0v) is 10.6. The lowest BCUT2D eigenvalue weighted by Gasteiger charge is -2.33. The molecule has 0 aromatic carbocycles. The third kappa shape index (κ3) is 3.72. The Hall–Kier alpha value is -0.120. The Morgan fingerprint density at radius 3 is 2.75 bits per heavy atom. The number of rotatable bonds is 4. The van der Waals surface area contributed by atoms with Gasteiger partial charge in [0, 0.05) is 18.6 Å². The van der Waals surface area contributed by atoms with Crippen LogP contribution in [0.25, 0.3) is 0 Å². The van der Waals surface area contributed by atoms with Crippen LogP contribution in [0.15, 0.2) is 0 Å². The van der Waals surface area contributed by atoms with E-state index >= 15 is 0 Å². The van der Waals surface area contributed by atoms with E-state index in [0.717, 1.165) is 25.8 Å². The molecule has 0 amide bonds. The van der Waals surface area contributed by atoms with Crippen LogP contribution < -0.4 is 5.32 Å². The maximum absolute atomic E-state index is 5.48. The van der Waals surface area contributed by atoms with Crippen LogP contribution in [0, 0.1) is 0 Å². The summed E-state index contributed by atoms with van der Waals surface area (Å²) in [5, 5.41) is 3.53. The Morgan fingerprint density at radius 2 is 2.06 bits per heavy atom. The van der Waals surface area contributed by atoms with Crippen LogP contribution in [0.3, 0.4) is 0 Å². The smallest absolute Gasteiger partial charge is 0.0620 e. The van der Waals surface area contributed by atoms with Gasteiger partial charge in [-0.15, -0.1) is 0 Å². The van der Waals surface area contributed by atoms with Crippen molar-refractivity contribution in [1.82, 2.24) is 10.2 Å². The first-order valence-electron chi connectivity index (χ1n) is 6.87. The molecule has 1 saturated carbocycles. The lowest BCUT2D eigenvalue weighted by molar-refractivity contribution is 0.0678. The van der Waals surface area contributed by atoms with Gasteiger partial charge in [-0.05, 0) is 32.9 Å². The number of nitrogens with one attached hydrogen (secondary N) is 1. The van der Waals surface area contributed by atoms with Gasteiger partial charge in [0.1, 0.15) is 0 Å². The fourth-order valence-corrected chi connectivity index (χ4v) is 2.87. The lowest BCUT2D eigenvalue weighted by Crippen LogP contribution is -2.44. The molecule has 1 unspecified atom stereocenters. The van der Waals surface area contributed by atoms with Crippen molar-refractivity contribution in [3.8, 4) is 0 Å². The second kappa shape index (κ2) is 6.58. The highest BCUT2D eigenvalue weighted by Gasteiger charge is 2.19. The van der Waals surface area contributed by atoms with Crippen molar-refractivity contribution in [2.75, 3.05) is 33.4 Å². The first-order valence-corrected chi connectivity index (χ1v) is 6.87. The first-order chi connectivity index (χ1) is 7.86. The summed E-state index contributed by atoms with van der Waals surface area (Å²) in [7, 11) is 2.29. The summed E-state index contributed by atoms with van der Waals surface area (Å²) >= 11 is 0. The molecule has 3 nitrogen and oxygen atoms in total. The van der Waals surface area contributed by atoms with E-state index in [1.165, 1.54) is 45.1 Å². The van der Waals surface area contributed by atoms with Crippen molar-refractivity contribution in [3.63, 3.8) is 0 Å². The molecule has 0 bridgehead atoms. The van der Waals surface area contributed by atoms with Gasteiger partial charge in [-0.25, -0.2) is 0 Å². The molecular formula is C13H26N2O. The maximum atomic E-state index is 5.48. The summed E-state index contributed by atoms with van der Waals surface area (Å²) in [6.45, 7) is 4.02. The molecule has 3 heteroatoms. The quantitative estimate of drug-likeness (QED) is 0.788. The van der Waals surface area contributed by atoms with Crippen LogP contribution in [0.4, 0.5) is 0 Å². The SMILES string of the molecule is CN(CCC1COCCN1)C1CCCCC1. The molecule has 0 aromatic rings. The maximum Gasteiger partial charge on any atom is 0.0620 e. The molecule has 1 aliphatic heterocycles. The first kappa shape index (κ1) is 12.3. The second-order valence-electron chi connectivity index (χ2n) is 5.29. The van der Waals surface area contributed by atoms with Gasteiger partial charge in [-0.3, -0.25) is 0 Å². The van der Waals surface area contributed by atoms with E-state index in [9.17, 15) is 0 Å². The van der Waals surface area contributed by atoms with Crippen molar-refractivity contribution in [2.24, 2.45) is 0 Å². The fraction of sp³-hybridized carbons (Fsp3) is 1.00. The Morgan fingerprint density at radius 1 is 1.25 bits per heavy atom. The standard InChI is InChI=1S/C13H26N2O/c1-15(13-5-3-2-4-6-13)9-7-12-11-16-10-8-14-12/h12-14H,2-11H2,1H3. The predicted octanol–water partition coefficient (Wildman–Crippen LogP) is 1.63. The molecule has 1 N–H and O–H groups in total. The minimum absolute atomic E-state index is 0.583. The summed E-state index contributed by atoms with van der Waals surface area (Å²) in [4.78, 5) is 2.56. The van der Waals surface area contributed by atoms with Crippen LogP contribution in [-0.4, -0.2) is 50.3 Å². The monoisotopic (exact) mass is 226 g/mol. The Kier molecular flexibility index (Phi) is 5.07. The zero-order chi connectivity index (χ0) is 11.2. The molecule has 1 saturated heterocycles. The van der Waals surface area contributed by atoms with E-state index < -0.39 is 0 Å². The van der Waals surface area contributed by atoms with E-state index in [2.05, 4.69) is 17.3 Å². The number of morpholine rings is 1. The van der Waals surface area contributed by atoms with Crippen molar-refractivity contribution >= 4 is 0 Å². The Bertz CT molecular complexity index is 186. The lowest BCUT2D eigenvalue weighted by atomic mass is 9.94. The van der Waals surface area contributed by atoms with E-state index in [1.807, 2.05) is 0 Å². The highest BCUT2D eigenvalue weighted by Crippen LogP contribution is 2.21. The van der Waals surface area contributed by atoms with Gasteiger partial charge in [0.25, 0.3) is 0 Å². The molecule has 2 fully saturated rings. The third-order valence-electron chi connectivity index (χ3n) is 4.03. The van der Waals surface area contributed by atoms with Crippen molar-refractivity contribution in [1.29, 1.82) is 0 Å². The minimum atomic E-state index is 0.583. The van der Waals surface area contributed by atoms with Crippen LogP contribution in [-0.2, 0) is 4.74 Å². The highest BCUT2D eigenvalue weighted by molar-refractivity contribution is 4.76. The molecule has 0 spiro atoms. The summed E-state index contributed by atoms with van der Waals surface area (Å²) in [6.07, 6.45) is 8.35. The number of hydrogen-bond acceptors (Lipinski definition) is 3. The molecule has 0 radical (unpaired) electrons. The average molecular weight is 226 g/mol. The molecular weight excluding hydrogens is 200 g/mol. The van der Waals surface area contributed by atoms with Gasteiger partial charge in [0.05, 0.1) is 13.2 Å². The Balaban J connectivity index is 1.63. The summed E-state index contributed by atoms with van der Waals surface area (Å²) in [5.74, 6) is 0. The fourth-order valence-electron chi connectivity index (χ4n) is 2.87. The molecule has 1 heterocycles. The van der Waals surface area contributed by atoms with Crippen molar-refractivity contribution in [2.45, 2.75) is 50.6 Å². The second-order valence-corrected chi connectivity index (χ2v) is 5.29. The largest absolute Gasteiger partial charge is 0.379 e. The van der Waals surface area contributed by atoms with E-state index in [-0.39, 0.29) is 0 Å². The zero-order valence-electron chi connectivity index (χ0n) is 10.6. The van der Waals surface area contributed by atoms with Gasteiger partial charge >= 0.3 is 0 Å². The highest BCUT2D eigenvalue weighted by atomic mass is 16.5. The van der Waals surface area contributed by atoms with E-state index in [4.69, 9.17) is 4.74 Å². The molecule has 1 atom stereocenters. The molecule has 94 valence electrons. The van der Waals surface area contributed by atoms with Gasteiger partial charge in [0.2, 0.25) is 0 Å². The van der Waals surface area contributed by atoms with Crippen molar-refractivity contribution in [3.05, 3.63) is 0 Å². The number of hydrogen-bond donors (Lipinski definition) is 1. The van der Waals surface area contributed by atoms with Gasteiger partial charge in [-0.2, -0.15) is 0 Å². The van der Waals surface area contributed by atoms with E-state index in [0.29, 0.717) is 6.04 Å². The van der Waals surface area contributed by atoms with Crippen LogP contribution in [0.5, 0.6) is 0 Å².